The van der Waals surface area contributed by atoms with Gasteiger partial charge in [-0.2, -0.15) is 0 Å². The Kier molecular flexibility index (Phi) is 3.47. The number of rotatable bonds is 5. The summed E-state index contributed by atoms with van der Waals surface area (Å²) < 4.78 is 5.15. The Labute approximate surface area is 93.1 Å². The minimum atomic E-state index is 0.466. The molecule has 1 fully saturated rings. The van der Waals surface area contributed by atoms with E-state index in [2.05, 4.69) is 31.3 Å². The lowest BCUT2D eigenvalue weighted by Crippen LogP contribution is -2.42. The van der Waals surface area contributed by atoms with Gasteiger partial charge in [-0.05, 0) is 44.4 Å². The number of ether oxygens (including phenoxy) is 1. The molecule has 2 bridgehead atoms. The van der Waals surface area contributed by atoms with Crippen molar-refractivity contribution in [3.63, 3.8) is 0 Å². The summed E-state index contributed by atoms with van der Waals surface area (Å²) in [6.07, 6.45) is 7.62. The van der Waals surface area contributed by atoms with Crippen LogP contribution in [0.25, 0.3) is 0 Å². The zero-order valence-electron chi connectivity index (χ0n) is 10.1. The second kappa shape index (κ2) is 4.67. The topological polar surface area (TPSA) is 21.3 Å². The van der Waals surface area contributed by atoms with Crippen LogP contribution in [0.3, 0.4) is 0 Å². The minimum Gasteiger partial charge on any atom is -0.383 e. The molecule has 0 aromatic rings. The third-order valence-electron chi connectivity index (χ3n) is 3.94. The minimum absolute atomic E-state index is 0.466. The van der Waals surface area contributed by atoms with Gasteiger partial charge in [0.2, 0.25) is 0 Å². The monoisotopic (exact) mass is 209 g/mol. The fraction of sp³-hybridized carbons (Fsp3) is 0.846. The van der Waals surface area contributed by atoms with Crippen LogP contribution in [0.5, 0.6) is 0 Å². The summed E-state index contributed by atoms with van der Waals surface area (Å²) in [7, 11) is 1.77. The van der Waals surface area contributed by atoms with Crippen LogP contribution in [0.4, 0.5) is 0 Å². The van der Waals surface area contributed by atoms with Crippen LogP contribution in [-0.2, 0) is 4.74 Å². The average molecular weight is 209 g/mol. The van der Waals surface area contributed by atoms with Crippen molar-refractivity contribution in [3.05, 3.63) is 12.2 Å². The maximum absolute atomic E-state index is 5.15. The molecule has 1 saturated carbocycles. The van der Waals surface area contributed by atoms with E-state index in [1.807, 2.05) is 0 Å². The second-order valence-electron chi connectivity index (χ2n) is 5.26. The Morgan fingerprint density at radius 1 is 1.33 bits per heavy atom. The van der Waals surface area contributed by atoms with Crippen molar-refractivity contribution >= 4 is 0 Å². The molecule has 1 N–H and O–H groups in total. The van der Waals surface area contributed by atoms with E-state index in [1.165, 1.54) is 12.8 Å². The molecule has 15 heavy (non-hydrogen) atoms. The fourth-order valence-electron chi connectivity index (χ4n) is 3.27. The van der Waals surface area contributed by atoms with Crippen LogP contribution in [0.1, 0.15) is 26.7 Å². The van der Waals surface area contributed by atoms with E-state index < -0.39 is 0 Å². The number of hydrogen-bond donors (Lipinski definition) is 1. The third-order valence-corrected chi connectivity index (χ3v) is 3.94. The van der Waals surface area contributed by atoms with Gasteiger partial charge in [0.25, 0.3) is 0 Å². The van der Waals surface area contributed by atoms with Crippen molar-refractivity contribution in [1.29, 1.82) is 0 Å². The maximum atomic E-state index is 5.15. The molecule has 0 saturated heterocycles. The predicted molar refractivity (Wildman–Crippen MR) is 62.8 cm³/mol. The summed E-state index contributed by atoms with van der Waals surface area (Å²) in [6, 6.07) is 1.09. The van der Waals surface area contributed by atoms with Crippen LogP contribution in [-0.4, -0.2) is 25.8 Å². The van der Waals surface area contributed by atoms with Crippen LogP contribution in [0.2, 0.25) is 0 Å². The first-order valence-corrected chi connectivity index (χ1v) is 6.14. The highest BCUT2D eigenvalue weighted by atomic mass is 16.5. The molecule has 0 aromatic heterocycles. The molecule has 0 spiro atoms. The van der Waals surface area contributed by atoms with Gasteiger partial charge in [-0.25, -0.2) is 0 Å². The largest absolute Gasteiger partial charge is 0.383 e. The van der Waals surface area contributed by atoms with E-state index in [0.29, 0.717) is 12.1 Å². The standard InChI is InChI=1S/C13H23NO/c1-9(8-15-3)14-10(2)13-7-11-4-5-12(13)6-11/h4-5,9-14H,6-8H2,1-3H3. The van der Waals surface area contributed by atoms with Crippen molar-refractivity contribution in [3.8, 4) is 0 Å². The third kappa shape index (κ3) is 2.43. The van der Waals surface area contributed by atoms with Crippen LogP contribution >= 0.6 is 0 Å². The first-order chi connectivity index (χ1) is 7.20. The Morgan fingerprint density at radius 2 is 2.13 bits per heavy atom. The lowest BCUT2D eigenvalue weighted by molar-refractivity contribution is 0.159. The van der Waals surface area contributed by atoms with Crippen LogP contribution < -0.4 is 5.32 Å². The van der Waals surface area contributed by atoms with Crippen LogP contribution in [0.15, 0.2) is 12.2 Å². The lowest BCUT2D eigenvalue weighted by atomic mass is 9.87. The average Bonchev–Trinajstić information content (AvgIpc) is 2.78. The van der Waals surface area contributed by atoms with Crippen molar-refractivity contribution in [1.82, 2.24) is 5.32 Å². The van der Waals surface area contributed by atoms with E-state index >= 15 is 0 Å². The molecule has 5 unspecified atom stereocenters. The molecule has 0 aliphatic heterocycles. The highest BCUT2D eigenvalue weighted by Crippen LogP contribution is 2.44. The van der Waals surface area contributed by atoms with Gasteiger partial charge in [-0.1, -0.05) is 12.2 Å². The van der Waals surface area contributed by atoms with Gasteiger partial charge >= 0.3 is 0 Å². The number of hydrogen-bond acceptors (Lipinski definition) is 2. The Balaban J connectivity index is 1.81. The maximum Gasteiger partial charge on any atom is 0.0613 e. The summed E-state index contributed by atoms with van der Waals surface area (Å²) in [5.41, 5.74) is 0. The normalized spacial score (nSPS) is 37.1. The highest BCUT2D eigenvalue weighted by molar-refractivity contribution is 5.11. The summed E-state index contributed by atoms with van der Waals surface area (Å²) in [5, 5.41) is 3.65. The van der Waals surface area contributed by atoms with Crippen molar-refractivity contribution in [2.24, 2.45) is 17.8 Å². The van der Waals surface area contributed by atoms with Gasteiger partial charge in [0.05, 0.1) is 6.61 Å². The Hall–Kier alpha value is -0.340. The highest BCUT2D eigenvalue weighted by Gasteiger charge is 2.38. The summed E-state index contributed by atoms with van der Waals surface area (Å²) in [5.74, 6) is 2.56. The first kappa shape index (κ1) is 11.2. The van der Waals surface area contributed by atoms with Crippen molar-refractivity contribution < 1.29 is 4.74 Å². The zero-order chi connectivity index (χ0) is 10.8. The number of nitrogens with one attached hydrogen (secondary N) is 1. The van der Waals surface area contributed by atoms with E-state index in [4.69, 9.17) is 4.74 Å². The SMILES string of the molecule is COCC(C)NC(C)C1CC2C=CC1C2. The van der Waals surface area contributed by atoms with Gasteiger partial charge in [0, 0.05) is 19.2 Å². The molecule has 0 aromatic carbocycles. The molecule has 2 nitrogen and oxygen atoms in total. The molecule has 0 amide bonds. The van der Waals surface area contributed by atoms with Crippen LogP contribution in [0, 0.1) is 17.8 Å². The first-order valence-electron chi connectivity index (χ1n) is 6.14. The van der Waals surface area contributed by atoms with Gasteiger partial charge in [0.15, 0.2) is 0 Å². The molecule has 2 heteroatoms. The lowest BCUT2D eigenvalue weighted by Gasteiger charge is -2.28. The van der Waals surface area contributed by atoms with Gasteiger partial charge in [0.1, 0.15) is 0 Å². The Bertz CT molecular complexity index is 239. The second-order valence-corrected chi connectivity index (χ2v) is 5.26. The van der Waals surface area contributed by atoms with E-state index in [0.717, 1.165) is 24.4 Å². The smallest absolute Gasteiger partial charge is 0.0613 e. The summed E-state index contributed by atoms with van der Waals surface area (Å²) >= 11 is 0. The number of methoxy groups -OCH3 is 1. The molecule has 5 atom stereocenters. The fourth-order valence-corrected chi connectivity index (χ4v) is 3.27. The quantitative estimate of drug-likeness (QED) is 0.701. The molecule has 0 radical (unpaired) electrons. The molecular formula is C13H23NO. The molecular weight excluding hydrogens is 186 g/mol. The van der Waals surface area contributed by atoms with Gasteiger partial charge in [-0.15, -0.1) is 0 Å². The van der Waals surface area contributed by atoms with E-state index in [-0.39, 0.29) is 0 Å². The molecule has 86 valence electrons. The predicted octanol–water partition coefficient (Wildman–Crippen LogP) is 2.21. The molecule has 2 rings (SSSR count). The summed E-state index contributed by atoms with van der Waals surface area (Å²) in [4.78, 5) is 0. The van der Waals surface area contributed by atoms with E-state index in [9.17, 15) is 0 Å². The van der Waals surface area contributed by atoms with Crippen molar-refractivity contribution in [2.75, 3.05) is 13.7 Å². The molecule has 0 heterocycles. The number of fused-ring (bicyclic) bond motifs is 2. The Morgan fingerprint density at radius 3 is 2.67 bits per heavy atom. The van der Waals surface area contributed by atoms with Gasteiger partial charge in [-0.3, -0.25) is 0 Å². The number of allylic oxidation sites excluding steroid dienone is 2. The van der Waals surface area contributed by atoms with E-state index in [1.54, 1.807) is 7.11 Å². The molecule has 2 aliphatic rings. The zero-order valence-corrected chi connectivity index (χ0v) is 10.1. The van der Waals surface area contributed by atoms with Gasteiger partial charge < -0.3 is 10.1 Å². The van der Waals surface area contributed by atoms with Crippen molar-refractivity contribution in [2.45, 2.75) is 38.8 Å². The summed E-state index contributed by atoms with van der Waals surface area (Å²) in [6.45, 7) is 5.33. The molecule has 2 aliphatic carbocycles.